The van der Waals surface area contributed by atoms with Crippen molar-refractivity contribution in [3.8, 4) is 0 Å². The highest BCUT2D eigenvalue weighted by molar-refractivity contribution is 14.0. The number of amidine groups is 1. The summed E-state index contributed by atoms with van der Waals surface area (Å²) in [6, 6.07) is 7.61. The second-order valence-corrected chi connectivity index (χ2v) is 6.49. The third-order valence-corrected chi connectivity index (χ3v) is 2.99. The molecular formula is C15H24IN3O2S. The van der Waals surface area contributed by atoms with Crippen LogP contribution in [0.2, 0.25) is 0 Å². The Kier molecular flexibility index (Phi) is 8.84. The largest absolute Gasteiger partial charge is 0.444 e. The molecule has 0 aliphatic carbocycles. The van der Waals surface area contributed by atoms with E-state index in [1.165, 1.54) is 16.7 Å². The highest BCUT2D eigenvalue weighted by Gasteiger charge is 2.19. The van der Waals surface area contributed by atoms with Crippen LogP contribution in [0.4, 0.5) is 10.5 Å². The Morgan fingerprint density at radius 1 is 1.41 bits per heavy atom. The van der Waals surface area contributed by atoms with Crippen molar-refractivity contribution < 1.29 is 9.53 Å². The SMILES string of the molecule is CSC(N)=Nc1cccc(CN(C)C(=O)OC(C)(C)C)c1.I. The van der Waals surface area contributed by atoms with Gasteiger partial charge in [0.1, 0.15) is 5.60 Å². The summed E-state index contributed by atoms with van der Waals surface area (Å²) < 4.78 is 5.32. The Morgan fingerprint density at radius 3 is 2.59 bits per heavy atom. The molecule has 0 fully saturated rings. The van der Waals surface area contributed by atoms with E-state index in [1.807, 2.05) is 51.3 Å². The summed E-state index contributed by atoms with van der Waals surface area (Å²) in [4.78, 5) is 17.7. The van der Waals surface area contributed by atoms with Gasteiger partial charge in [0.2, 0.25) is 0 Å². The van der Waals surface area contributed by atoms with Crippen LogP contribution in [-0.2, 0) is 11.3 Å². The molecule has 22 heavy (non-hydrogen) atoms. The van der Waals surface area contributed by atoms with Crippen molar-refractivity contribution in [2.24, 2.45) is 10.7 Å². The zero-order valence-electron chi connectivity index (χ0n) is 13.6. The van der Waals surface area contributed by atoms with Crippen LogP contribution in [0.1, 0.15) is 26.3 Å². The topological polar surface area (TPSA) is 67.9 Å². The van der Waals surface area contributed by atoms with E-state index in [9.17, 15) is 4.79 Å². The summed E-state index contributed by atoms with van der Waals surface area (Å²) in [5.41, 5.74) is 6.95. The monoisotopic (exact) mass is 437 g/mol. The number of benzene rings is 1. The molecular weight excluding hydrogens is 413 g/mol. The summed E-state index contributed by atoms with van der Waals surface area (Å²) in [7, 11) is 1.71. The van der Waals surface area contributed by atoms with E-state index >= 15 is 0 Å². The molecule has 2 N–H and O–H groups in total. The van der Waals surface area contributed by atoms with E-state index in [1.54, 1.807) is 7.05 Å². The molecule has 0 unspecified atom stereocenters. The smallest absolute Gasteiger partial charge is 0.410 e. The van der Waals surface area contributed by atoms with Crippen LogP contribution in [0.15, 0.2) is 29.3 Å². The Bertz CT molecular complexity index is 530. The predicted molar refractivity (Wildman–Crippen MR) is 104 cm³/mol. The molecule has 0 saturated carbocycles. The fraction of sp³-hybridized carbons (Fsp3) is 0.467. The minimum absolute atomic E-state index is 0. The van der Waals surface area contributed by atoms with E-state index in [4.69, 9.17) is 10.5 Å². The molecule has 0 heterocycles. The van der Waals surface area contributed by atoms with Gasteiger partial charge >= 0.3 is 6.09 Å². The molecule has 0 bridgehead atoms. The molecule has 124 valence electrons. The Hall–Kier alpha value is -0.960. The summed E-state index contributed by atoms with van der Waals surface area (Å²) >= 11 is 1.39. The number of hydrogen-bond acceptors (Lipinski definition) is 4. The fourth-order valence-corrected chi connectivity index (χ4v) is 1.77. The van der Waals surface area contributed by atoms with Gasteiger partial charge in [0.15, 0.2) is 5.17 Å². The third kappa shape index (κ3) is 7.88. The maximum atomic E-state index is 11.9. The molecule has 1 amide bonds. The van der Waals surface area contributed by atoms with Gasteiger partial charge in [-0.1, -0.05) is 23.9 Å². The molecule has 1 aromatic rings. The number of hydrogen-bond donors (Lipinski definition) is 1. The molecule has 0 radical (unpaired) electrons. The Morgan fingerprint density at radius 2 is 2.05 bits per heavy atom. The number of ether oxygens (including phenoxy) is 1. The number of nitrogens with two attached hydrogens (primary N) is 1. The van der Waals surface area contributed by atoms with Crippen LogP contribution in [0, 0.1) is 0 Å². The maximum Gasteiger partial charge on any atom is 0.410 e. The van der Waals surface area contributed by atoms with Crippen molar-refractivity contribution in [3.05, 3.63) is 29.8 Å². The van der Waals surface area contributed by atoms with Gasteiger partial charge in [-0.15, -0.1) is 24.0 Å². The van der Waals surface area contributed by atoms with E-state index in [-0.39, 0.29) is 30.1 Å². The van der Waals surface area contributed by atoms with Crippen molar-refractivity contribution in [1.82, 2.24) is 4.90 Å². The first-order valence-corrected chi connectivity index (χ1v) is 7.85. The van der Waals surface area contributed by atoms with Crippen LogP contribution in [0.5, 0.6) is 0 Å². The summed E-state index contributed by atoms with van der Waals surface area (Å²) in [5.74, 6) is 0. The van der Waals surface area contributed by atoms with Gasteiger partial charge in [-0.3, -0.25) is 0 Å². The van der Waals surface area contributed by atoms with Crippen LogP contribution >= 0.6 is 35.7 Å². The zero-order valence-corrected chi connectivity index (χ0v) is 16.8. The number of rotatable bonds is 3. The first kappa shape index (κ1) is 21.0. The normalized spacial score (nSPS) is 11.6. The summed E-state index contributed by atoms with van der Waals surface area (Å²) in [5, 5.41) is 0.507. The molecule has 1 rings (SSSR count). The van der Waals surface area contributed by atoms with Crippen LogP contribution in [-0.4, -0.2) is 35.1 Å². The molecule has 7 heteroatoms. The van der Waals surface area contributed by atoms with E-state index in [0.717, 1.165) is 11.3 Å². The second-order valence-electron chi connectivity index (χ2n) is 5.66. The molecule has 1 aromatic carbocycles. The first-order chi connectivity index (χ1) is 9.71. The lowest BCUT2D eigenvalue weighted by Gasteiger charge is -2.24. The van der Waals surface area contributed by atoms with Crippen molar-refractivity contribution >= 4 is 52.7 Å². The first-order valence-electron chi connectivity index (χ1n) is 6.62. The van der Waals surface area contributed by atoms with Crippen molar-refractivity contribution in [2.75, 3.05) is 13.3 Å². The number of halogens is 1. The van der Waals surface area contributed by atoms with Gasteiger partial charge in [-0.25, -0.2) is 9.79 Å². The van der Waals surface area contributed by atoms with Gasteiger partial charge in [-0.05, 0) is 44.7 Å². The lowest BCUT2D eigenvalue weighted by Crippen LogP contribution is -2.33. The lowest BCUT2D eigenvalue weighted by molar-refractivity contribution is 0.0285. The van der Waals surface area contributed by atoms with Gasteiger partial charge in [0.25, 0.3) is 0 Å². The van der Waals surface area contributed by atoms with Crippen molar-refractivity contribution in [3.63, 3.8) is 0 Å². The number of carbonyl (C=O) groups excluding carboxylic acids is 1. The van der Waals surface area contributed by atoms with Gasteiger partial charge in [0.05, 0.1) is 5.69 Å². The molecule has 0 spiro atoms. The van der Waals surface area contributed by atoms with Gasteiger partial charge in [0, 0.05) is 13.6 Å². The minimum Gasteiger partial charge on any atom is -0.444 e. The van der Waals surface area contributed by atoms with Crippen LogP contribution in [0.3, 0.4) is 0 Å². The molecule has 0 aliphatic rings. The lowest BCUT2D eigenvalue weighted by atomic mass is 10.2. The van der Waals surface area contributed by atoms with E-state index in [2.05, 4.69) is 4.99 Å². The number of amides is 1. The Labute approximate surface area is 153 Å². The number of carbonyl (C=O) groups is 1. The van der Waals surface area contributed by atoms with Crippen LogP contribution < -0.4 is 5.73 Å². The molecule has 0 atom stereocenters. The van der Waals surface area contributed by atoms with E-state index in [0.29, 0.717) is 11.7 Å². The minimum atomic E-state index is -0.496. The van der Waals surface area contributed by atoms with Gasteiger partial charge < -0.3 is 15.4 Å². The standard InChI is InChI=1S/C15H23N3O2S.HI/c1-15(2,3)20-14(19)18(4)10-11-7-6-8-12(9-11)17-13(16)21-5;/h6-9H,10H2,1-5H3,(H2,16,17);1H. The fourth-order valence-electron chi connectivity index (χ4n) is 1.58. The maximum absolute atomic E-state index is 11.9. The molecule has 0 saturated heterocycles. The average Bonchev–Trinajstić information content (AvgIpc) is 2.37. The molecule has 0 aromatic heterocycles. The zero-order chi connectivity index (χ0) is 16.0. The second kappa shape index (κ2) is 9.24. The number of nitrogens with zero attached hydrogens (tertiary/aromatic N) is 2. The molecule has 5 nitrogen and oxygen atoms in total. The number of thioether (sulfide) groups is 1. The quantitative estimate of drug-likeness (QED) is 0.441. The molecule has 0 aliphatic heterocycles. The summed E-state index contributed by atoms with van der Waals surface area (Å²) in [6.07, 6.45) is 1.53. The average molecular weight is 437 g/mol. The third-order valence-electron chi connectivity index (χ3n) is 2.48. The van der Waals surface area contributed by atoms with Crippen LogP contribution in [0.25, 0.3) is 0 Å². The van der Waals surface area contributed by atoms with Crippen molar-refractivity contribution in [1.29, 1.82) is 0 Å². The highest BCUT2D eigenvalue weighted by Crippen LogP contribution is 2.17. The van der Waals surface area contributed by atoms with Crippen molar-refractivity contribution in [2.45, 2.75) is 32.9 Å². The summed E-state index contributed by atoms with van der Waals surface area (Å²) in [6.45, 7) is 6.00. The van der Waals surface area contributed by atoms with Gasteiger partial charge in [-0.2, -0.15) is 0 Å². The number of aliphatic imine (C=N–C) groups is 1. The van der Waals surface area contributed by atoms with E-state index < -0.39 is 5.60 Å². The highest BCUT2D eigenvalue weighted by atomic mass is 127. The predicted octanol–water partition coefficient (Wildman–Crippen LogP) is 3.98. The Balaban J connectivity index is 0.00000441.